The molecule has 0 heterocycles. The third-order valence-corrected chi connectivity index (χ3v) is 8.69. The molecule has 1 rings (SSSR count). The summed E-state index contributed by atoms with van der Waals surface area (Å²) in [5.41, 5.74) is 2.10. The Morgan fingerprint density at radius 2 is 0.825 bits per heavy atom. The molecule has 40 heavy (non-hydrogen) atoms. The average Bonchev–Trinajstić information content (AvgIpc) is 2.94. The lowest BCUT2D eigenvalue weighted by molar-refractivity contribution is 0.0693. The minimum atomic E-state index is -1.03. The molecule has 0 spiro atoms. The molecule has 0 unspecified atom stereocenters. The van der Waals surface area contributed by atoms with Crippen molar-refractivity contribution in [1.29, 1.82) is 0 Å². The van der Waals surface area contributed by atoms with Gasteiger partial charge in [0.1, 0.15) is 11.3 Å². The van der Waals surface area contributed by atoms with E-state index in [1.165, 1.54) is 148 Å². The molecule has 0 aliphatic carbocycles. The number of carbonyl (C=O) groups is 1. The van der Waals surface area contributed by atoms with Crippen LogP contribution in [0, 0.1) is 0 Å². The number of hydrogen-bond acceptors (Lipinski definition) is 2. The Kier molecular flexibility index (Phi) is 24.1. The zero-order chi connectivity index (χ0) is 29.1. The summed E-state index contributed by atoms with van der Waals surface area (Å²) in [4.78, 5) is 11.6. The van der Waals surface area contributed by atoms with Crippen molar-refractivity contribution in [2.75, 3.05) is 0 Å². The van der Waals surface area contributed by atoms with E-state index in [1.54, 1.807) is 6.07 Å². The molecular weight excluding hydrogens is 492 g/mol. The van der Waals surface area contributed by atoms with E-state index in [9.17, 15) is 15.0 Å². The molecule has 0 aliphatic heterocycles. The van der Waals surface area contributed by atoms with Gasteiger partial charge in [0.15, 0.2) is 0 Å². The van der Waals surface area contributed by atoms with Crippen molar-refractivity contribution in [3.8, 4) is 5.75 Å². The van der Waals surface area contributed by atoms with Crippen LogP contribution in [0.4, 0.5) is 0 Å². The molecule has 0 fully saturated rings. The highest BCUT2D eigenvalue weighted by Crippen LogP contribution is 2.30. The summed E-state index contributed by atoms with van der Waals surface area (Å²) < 4.78 is 0. The molecule has 0 bridgehead atoms. The lowest BCUT2D eigenvalue weighted by Gasteiger charge is -2.14. The standard InChI is InChI=1S/C37H66O3/c1-3-5-7-9-11-13-15-17-19-21-23-25-27-29-33-31-32-35(37(39)40)36(38)34(33)30-28-26-24-22-20-18-16-14-12-10-8-6-4-2/h31-32,38H,3-30H2,1-2H3,(H,39,40). The summed E-state index contributed by atoms with van der Waals surface area (Å²) in [6.07, 6.45) is 36.3. The van der Waals surface area contributed by atoms with Gasteiger partial charge in [0.2, 0.25) is 0 Å². The Balaban J connectivity index is 2.22. The maximum absolute atomic E-state index is 11.6. The lowest BCUT2D eigenvalue weighted by Crippen LogP contribution is -2.03. The van der Waals surface area contributed by atoms with Gasteiger partial charge in [-0.3, -0.25) is 0 Å². The fourth-order valence-electron chi connectivity index (χ4n) is 6.02. The molecule has 0 atom stereocenters. The second-order valence-corrected chi connectivity index (χ2v) is 12.4. The Morgan fingerprint density at radius 3 is 1.18 bits per heavy atom. The van der Waals surface area contributed by atoms with E-state index in [2.05, 4.69) is 13.8 Å². The third kappa shape index (κ3) is 18.8. The molecule has 3 heteroatoms. The van der Waals surface area contributed by atoms with Crippen LogP contribution < -0.4 is 0 Å². The number of hydrogen-bond donors (Lipinski definition) is 2. The fraction of sp³-hybridized carbons (Fsp3) is 0.811. The second-order valence-electron chi connectivity index (χ2n) is 12.4. The SMILES string of the molecule is CCCCCCCCCCCCCCCc1ccc(C(=O)O)c(O)c1CCCCCCCCCCCCCCC. The third-order valence-electron chi connectivity index (χ3n) is 8.69. The number of benzene rings is 1. The largest absolute Gasteiger partial charge is 0.507 e. The van der Waals surface area contributed by atoms with Gasteiger partial charge in [-0.2, -0.15) is 0 Å². The monoisotopic (exact) mass is 559 g/mol. The van der Waals surface area contributed by atoms with E-state index < -0.39 is 5.97 Å². The van der Waals surface area contributed by atoms with Gasteiger partial charge in [0, 0.05) is 0 Å². The topological polar surface area (TPSA) is 57.5 Å². The van der Waals surface area contributed by atoms with Gasteiger partial charge in [0.05, 0.1) is 0 Å². The first-order chi connectivity index (χ1) is 19.6. The Hall–Kier alpha value is -1.51. The van der Waals surface area contributed by atoms with Crippen molar-refractivity contribution < 1.29 is 15.0 Å². The van der Waals surface area contributed by atoms with E-state index >= 15 is 0 Å². The van der Waals surface area contributed by atoms with Crippen LogP contribution in [0.2, 0.25) is 0 Å². The van der Waals surface area contributed by atoms with E-state index in [0.717, 1.165) is 43.2 Å². The van der Waals surface area contributed by atoms with Crippen LogP contribution in [-0.2, 0) is 12.8 Å². The highest BCUT2D eigenvalue weighted by molar-refractivity contribution is 5.91. The molecule has 0 amide bonds. The van der Waals surface area contributed by atoms with Gasteiger partial charge in [-0.15, -0.1) is 0 Å². The molecule has 2 N–H and O–H groups in total. The predicted octanol–water partition coefficient (Wildman–Crippen LogP) is 12.4. The minimum Gasteiger partial charge on any atom is -0.507 e. The van der Waals surface area contributed by atoms with Crippen LogP contribution in [0.25, 0.3) is 0 Å². The molecule has 0 saturated heterocycles. The van der Waals surface area contributed by atoms with Crippen LogP contribution in [0.5, 0.6) is 5.75 Å². The molecule has 0 radical (unpaired) electrons. The number of aromatic hydroxyl groups is 1. The number of carboxylic acid groups (broad SMARTS) is 1. The van der Waals surface area contributed by atoms with E-state index in [-0.39, 0.29) is 11.3 Å². The highest BCUT2D eigenvalue weighted by atomic mass is 16.4. The molecule has 0 aliphatic rings. The number of aryl methyl sites for hydroxylation is 1. The summed E-state index contributed by atoms with van der Waals surface area (Å²) in [6, 6.07) is 3.56. The molecule has 232 valence electrons. The first-order valence-electron chi connectivity index (χ1n) is 17.7. The summed E-state index contributed by atoms with van der Waals surface area (Å²) in [5.74, 6) is -1.02. The Bertz CT molecular complexity index is 726. The Morgan fingerprint density at radius 1 is 0.500 bits per heavy atom. The summed E-state index contributed by atoms with van der Waals surface area (Å²) in [7, 11) is 0. The molecule has 0 saturated carbocycles. The van der Waals surface area contributed by atoms with E-state index in [1.807, 2.05) is 6.07 Å². The number of unbranched alkanes of at least 4 members (excludes halogenated alkanes) is 24. The maximum Gasteiger partial charge on any atom is 0.339 e. The smallest absolute Gasteiger partial charge is 0.339 e. The summed E-state index contributed by atoms with van der Waals surface area (Å²) in [6.45, 7) is 4.55. The van der Waals surface area contributed by atoms with Gasteiger partial charge in [-0.05, 0) is 42.9 Å². The minimum absolute atomic E-state index is 0.0126. The van der Waals surface area contributed by atoms with Crippen molar-refractivity contribution in [1.82, 2.24) is 0 Å². The number of aromatic carboxylic acids is 1. The Labute approximate surface area is 248 Å². The van der Waals surface area contributed by atoms with Crippen molar-refractivity contribution in [3.05, 3.63) is 28.8 Å². The van der Waals surface area contributed by atoms with Gasteiger partial charge in [-0.1, -0.05) is 174 Å². The van der Waals surface area contributed by atoms with Crippen molar-refractivity contribution in [2.24, 2.45) is 0 Å². The normalized spacial score (nSPS) is 11.3. The quantitative estimate of drug-likeness (QED) is 0.0961. The van der Waals surface area contributed by atoms with Crippen molar-refractivity contribution in [2.45, 2.75) is 194 Å². The van der Waals surface area contributed by atoms with E-state index in [0.29, 0.717) is 0 Å². The molecule has 0 aromatic heterocycles. The predicted molar refractivity (Wildman–Crippen MR) is 174 cm³/mol. The maximum atomic E-state index is 11.6. The first-order valence-corrected chi connectivity index (χ1v) is 17.7. The second kappa shape index (κ2) is 26.4. The van der Waals surface area contributed by atoms with Crippen molar-refractivity contribution >= 4 is 5.97 Å². The van der Waals surface area contributed by atoms with Crippen LogP contribution in [-0.4, -0.2) is 16.2 Å². The van der Waals surface area contributed by atoms with Gasteiger partial charge in [0.25, 0.3) is 0 Å². The van der Waals surface area contributed by atoms with Crippen molar-refractivity contribution in [3.63, 3.8) is 0 Å². The average molecular weight is 559 g/mol. The molecular formula is C37H66O3. The van der Waals surface area contributed by atoms with Gasteiger partial charge >= 0.3 is 5.97 Å². The van der Waals surface area contributed by atoms with Crippen LogP contribution in [0.15, 0.2) is 12.1 Å². The molecule has 1 aromatic carbocycles. The van der Waals surface area contributed by atoms with Gasteiger partial charge in [-0.25, -0.2) is 4.79 Å². The number of phenols is 1. The van der Waals surface area contributed by atoms with E-state index in [4.69, 9.17) is 0 Å². The van der Waals surface area contributed by atoms with Crippen LogP contribution in [0.3, 0.4) is 0 Å². The highest BCUT2D eigenvalue weighted by Gasteiger charge is 2.16. The molecule has 1 aromatic rings. The zero-order valence-electron chi connectivity index (χ0n) is 26.8. The van der Waals surface area contributed by atoms with Crippen LogP contribution in [0.1, 0.15) is 202 Å². The van der Waals surface area contributed by atoms with Crippen LogP contribution >= 0.6 is 0 Å². The first kappa shape index (κ1) is 36.5. The molecule has 3 nitrogen and oxygen atoms in total. The lowest BCUT2D eigenvalue weighted by atomic mass is 9.93. The summed E-state index contributed by atoms with van der Waals surface area (Å²) >= 11 is 0. The fourth-order valence-corrected chi connectivity index (χ4v) is 6.02. The van der Waals surface area contributed by atoms with Gasteiger partial charge < -0.3 is 10.2 Å². The number of carboxylic acids is 1. The summed E-state index contributed by atoms with van der Waals surface area (Å²) in [5, 5.41) is 20.3. The number of rotatable bonds is 29. The zero-order valence-corrected chi connectivity index (χ0v) is 26.8.